The van der Waals surface area contributed by atoms with E-state index in [0.29, 0.717) is 22.0 Å². The summed E-state index contributed by atoms with van der Waals surface area (Å²) in [5.74, 6) is -0.424. The second-order valence-corrected chi connectivity index (χ2v) is 5.65. The Morgan fingerprint density at radius 3 is 2.55 bits per heavy atom. The maximum Gasteiger partial charge on any atom is 0.142 e. The topological polar surface area (TPSA) is 12.0 Å². The van der Waals surface area contributed by atoms with Crippen molar-refractivity contribution in [2.24, 2.45) is 0 Å². The first-order valence-corrected chi connectivity index (χ1v) is 7.21. The van der Waals surface area contributed by atoms with Gasteiger partial charge in [-0.05, 0) is 42.8 Å². The van der Waals surface area contributed by atoms with Gasteiger partial charge in [0.05, 0.1) is 5.02 Å². The fraction of sp³-hybridized carbons (Fsp3) is 0.200. The number of rotatable bonds is 4. The Balaban J connectivity index is 2.31. The second-order valence-electron chi connectivity index (χ2n) is 4.42. The molecule has 2 rings (SSSR count). The first-order valence-electron chi connectivity index (χ1n) is 6.08. The molecule has 0 amide bonds. The van der Waals surface area contributed by atoms with Crippen LogP contribution in [0.2, 0.25) is 15.1 Å². The summed E-state index contributed by atoms with van der Waals surface area (Å²) in [6.45, 7) is 0. The summed E-state index contributed by atoms with van der Waals surface area (Å²) in [6.07, 6.45) is 0.593. The van der Waals surface area contributed by atoms with Gasteiger partial charge in [-0.3, -0.25) is 0 Å². The van der Waals surface area contributed by atoms with Crippen LogP contribution in [0.5, 0.6) is 0 Å². The highest BCUT2D eigenvalue weighted by molar-refractivity contribution is 6.35. The highest BCUT2D eigenvalue weighted by Gasteiger charge is 2.17. The van der Waals surface area contributed by atoms with Crippen LogP contribution in [0.15, 0.2) is 36.4 Å². The van der Waals surface area contributed by atoms with Gasteiger partial charge in [-0.15, -0.1) is 0 Å². The molecule has 0 aromatic heterocycles. The Morgan fingerprint density at radius 2 is 1.90 bits per heavy atom. The van der Waals surface area contributed by atoms with Gasteiger partial charge in [0.15, 0.2) is 0 Å². The fourth-order valence-electron chi connectivity index (χ4n) is 2.06. The molecule has 0 spiro atoms. The van der Waals surface area contributed by atoms with E-state index in [1.54, 1.807) is 31.3 Å². The fourth-order valence-corrected chi connectivity index (χ4v) is 2.81. The van der Waals surface area contributed by atoms with E-state index in [1.165, 1.54) is 6.07 Å². The summed E-state index contributed by atoms with van der Waals surface area (Å²) in [7, 11) is 1.80. The lowest BCUT2D eigenvalue weighted by atomic mass is 9.98. The number of benzene rings is 2. The Morgan fingerprint density at radius 1 is 1.15 bits per heavy atom. The summed E-state index contributed by atoms with van der Waals surface area (Å²) >= 11 is 18.1. The molecule has 1 atom stereocenters. The van der Waals surface area contributed by atoms with E-state index in [1.807, 2.05) is 6.07 Å². The molecule has 0 aliphatic carbocycles. The lowest BCUT2D eigenvalue weighted by Crippen LogP contribution is -2.19. The molecular weight excluding hydrogens is 320 g/mol. The SMILES string of the molecule is CNC(Cc1ccc(Cl)cc1Cl)c1cccc(F)c1Cl. The van der Waals surface area contributed by atoms with Gasteiger partial charge in [0.1, 0.15) is 5.82 Å². The average molecular weight is 333 g/mol. The molecule has 0 heterocycles. The molecule has 0 fully saturated rings. The highest BCUT2D eigenvalue weighted by atomic mass is 35.5. The molecule has 20 heavy (non-hydrogen) atoms. The van der Waals surface area contributed by atoms with Crippen LogP contribution in [-0.4, -0.2) is 7.05 Å². The van der Waals surface area contributed by atoms with E-state index >= 15 is 0 Å². The standard InChI is InChI=1S/C15H13Cl3FN/c1-20-14(11-3-2-4-13(19)15(11)18)7-9-5-6-10(16)8-12(9)17/h2-6,8,14,20H,7H2,1H3. The minimum Gasteiger partial charge on any atom is -0.313 e. The maximum atomic E-state index is 13.5. The first kappa shape index (κ1) is 15.6. The quantitative estimate of drug-likeness (QED) is 0.802. The minimum atomic E-state index is -0.424. The van der Waals surface area contributed by atoms with Crippen LogP contribution >= 0.6 is 34.8 Å². The maximum absolute atomic E-state index is 13.5. The summed E-state index contributed by atoms with van der Waals surface area (Å²) in [6, 6.07) is 9.99. The van der Waals surface area contributed by atoms with E-state index in [4.69, 9.17) is 34.8 Å². The van der Waals surface area contributed by atoms with Crippen molar-refractivity contribution in [1.29, 1.82) is 0 Å². The van der Waals surface area contributed by atoms with Gasteiger partial charge in [-0.1, -0.05) is 53.0 Å². The summed E-state index contributed by atoms with van der Waals surface area (Å²) < 4.78 is 13.5. The van der Waals surface area contributed by atoms with E-state index < -0.39 is 5.82 Å². The van der Waals surface area contributed by atoms with Crippen LogP contribution in [0.25, 0.3) is 0 Å². The largest absolute Gasteiger partial charge is 0.313 e. The Bertz CT molecular complexity index is 616. The number of halogens is 4. The summed E-state index contributed by atoms with van der Waals surface area (Å²) in [4.78, 5) is 0. The van der Waals surface area contributed by atoms with Gasteiger partial charge < -0.3 is 5.32 Å². The molecule has 5 heteroatoms. The van der Waals surface area contributed by atoms with Crippen molar-refractivity contribution in [1.82, 2.24) is 5.32 Å². The van der Waals surface area contributed by atoms with Gasteiger partial charge in [-0.2, -0.15) is 0 Å². The van der Waals surface area contributed by atoms with E-state index in [-0.39, 0.29) is 11.1 Å². The second kappa shape index (κ2) is 6.77. The zero-order valence-corrected chi connectivity index (χ0v) is 13.0. The lowest BCUT2D eigenvalue weighted by Gasteiger charge is -2.19. The van der Waals surface area contributed by atoms with E-state index in [2.05, 4.69) is 5.32 Å². The van der Waals surface area contributed by atoms with Crippen LogP contribution in [0, 0.1) is 5.82 Å². The molecule has 2 aromatic carbocycles. The zero-order valence-electron chi connectivity index (χ0n) is 10.8. The van der Waals surface area contributed by atoms with Gasteiger partial charge in [-0.25, -0.2) is 4.39 Å². The van der Waals surface area contributed by atoms with Crippen LogP contribution in [0.1, 0.15) is 17.2 Å². The number of nitrogens with one attached hydrogen (secondary N) is 1. The molecule has 0 aliphatic rings. The summed E-state index contributed by atoms with van der Waals surface area (Å²) in [5.41, 5.74) is 1.64. The van der Waals surface area contributed by atoms with Gasteiger partial charge >= 0.3 is 0 Å². The van der Waals surface area contributed by atoms with Gasteiger partial charge in [0, 0.05) is 16.1 Å². The van der Waals surface area contributed by atoms with Crippen molar-refractivity contribution in [2.45, 2.75) is 12.5 Å². The zero-order chi connectivity index (χ0) is 14.7. The Kier molecular flexibility index (Phi) is 5.28. The van der Waals surface area contributed by atoms with Crippen molar-refractivity contribution in [3.05, 3.63) is 68.4 Å². The summed E-state index contributed by atoms with van der Waals surface area (Å²) in [5, 5.41) is 4.44. The predicted molar refractivity (Wildman–Crippen MR) is 83.4 cm³/mol. The van der Waals surface area contributed by atoms with E-state index in [0.717, 1.165) is 5.56 Å². The molecule has 0 saturated heterocycles. The molecule has 1 unspecified atom stereocenters. The van der Waals surface area contributed by atoms with Crippen molar-refractivity contribution >= 4 is 34.8 Å². The van der Waals surface area contributed by atoms with Crippen molar-refractivity contribution in [3.63, 3.8) is 0 Å². The van der Waals surface area contributed by atoms with Gasteiger partial charge in [0.25, 0.3) is 0 Å². The Labute approximate surface area is 132 Å². The predicted octanol–water partition coefficient (Wildman–Crippen LogP) is 5.29. The third-order valence-electron chi connectivity index (χ3n) is 3.14. The van der Waals surface area contributed by atoms with Crippen molar-refractivity contribution < 1.29 is 4.39 Å². The normalized spacial score (nSPS) is 12.4. The number of likely N-dealkylation sites (N-methyl/N-ethyl adjacent to an activating group) is 1. The van der Waals surface area contributed by atoms with Gasteiger partial charge in [0.2, 0.25) is 0 Å². The molecule has 0 saturated carbocycles. The van der Waals surface area contributed by atoms with E-state index in [9.17, 15) is 4.39 Å². The molecule has 1 N–H and O–H groups in total. The van der Waals surface area contributed by atoms with Crippen LogP contribution in [-0.2, 0) is 6.42 Å². The number of hydrogen-bond donors (Lipinski definition) is 1. The molecular formula is C15H13Cl3FN. The highest BCUT2D eigenvalue weighted by Crippen LogP contribution is 2.30. The Hall–Kier alpha value is -0.800. The minimum absolute atomic E-state index is 0.128. The molecule has 106 valence electrons. The monoisotopic (exact) mass is 331 g/mol. The molecule has 1 nitrogen and oxygen atoms in total. The smallest absolute Gasteiger partial charge is 0.142 e. The molecule has 0 radical (unpaired) electrons. The molecule has 0 aliphatic heterocycles. The third-order valence-corrected chi connectivity index (χ3v) is 4.13. The molecule has 2 aromatic rings. The third kappa shape index (κ3) is 3.44. The number of hydrogen-bond acceptors (Lipinski definition) is 1. The van der Waals surface area contributed by atoms with Crippen LogP contribution in [0.4, 0.5) is 4.39 Å². The van der Waals surface area contributed by atoms with Crippen molar-refractivity contribution in [2.75, 3.05) is 7.05 Å². The first-order chi connectivity index (χ1) is 9.52. The lowest BCUT2D eigenvalue weighted by molar-refractivity contribution is 0.578. The van der Waals surface area contributed by atoms with Crippen LogP contribution < -0.4 is 5.32 Å². The van der Waals surface area contributed by atoms with Crippen LogP contribution in [0.3, 0.4) is 0 Å². The average Bonchev–Trinajstić information content (AvgIpc) is 2.42. The molecule has 0 bridgehead atoms. The van der Waals surface area contributed by atoms with Crippen molar-refractivity contribution in [3.8, 4) is 0 Å².